The van der Waals surface area contributed by atoms with E-state index in [1.165, 1.54) is 173 Å². The van der Waals surface area contributed by atoms with Gasteiger partial charge in [-0.2, -0.15) is 0 Å². The number of esters is 1. The van der Waals surface area contributed by atoms with Crippen LogP contribution in [0.2, 0.25) is 0 Å². The highest BCUT2D eigenvalue weighted by molar-refractivity contribution is 5.77. The maximum absolute atomic E-state index is 13.2. The Morgan fingerprint density at radius 3 is 1.23 bits per heavy atom. The molecule has 0 heterocycles. The molecule has 3 N–H and O–H groups in total. The normalized spacial score (nSPS) is 13.4. The maximum atomic E-state index is 13.2. The molecule has 0 aliphatic heterocycles. The number of carbonyl (C=O) groups excluding carboxylic acids is 2. The van der Waals surface area contributed by atoms with Gasteiger partial charge in [0.1, 0.15) is 6.10 Å². The Balaban J connectivity index is 4.52. The first kappa shape index (κ1) is 60.1. The standard InChI is InChI=1S/C56H105NO5/c1-4-7-10-13-16-19-22-24-26-27-28-29-31-34-37-40-43-46-49-56(61)62-52(47-44-41-38-35-32-21-18-15-12-9-6-3)50-55(60)57-53(51-58)54(59)48-45-42-39-36-33-30-25-23-20-17-14-11-8-5-2/h22,24,26-29,52-54,58-59H,4-21,23,25,30-51H2,1-3H3,(H,57,60)/b24-22+,27-26+,29-28+. The van der Waals surface area contributed by atoms with E-state index in [9.17, 15) is 19.8 Å². The van der Waals surface area contributed by atoms with Crippen LogP contribution < -0.4 is 5.32 Å². The molecule has 0 spiro atoms. The van der Waals surface area contributed by atoms with Crippen LogP contribution in [0.1, 0.15) is 284 Å². The average Bonchev–Trinajstić information content (AvgIpc) is 3.26. The summed E-state index contributed by atoms with van der Waals surface area (Å²) in [5.74, 6) is -0.484. The van der Waals surface area contributed by atoms with Crippen LogP contribution in [0, 0.1) is 0 Å². The first-order valence-electron chi connectivity index (χ1n) is 27.2. The van der Waals surface area contributed by atoms with E-state index < -0.39 is 18.2 Å². The maximum Gasteiger partial charge on any atom is 0.306 e. The molecule has 364 valence electrons. The average molecular weight is 872 g/mol. The van der Waals surface area contributed by atoms with Crippen LogP contribution in [-0.4, -0.2) is 46.9 Å². The van der Waals surface area contributed by atoms with E-state index in [2.05, 4.69) is 62.5 Å². The fraction of sp³-hybridized carbons (Fsp3) is 0.857. The third-order valence-electron chi connectivity index (χ3n) is 12.5. The lowest BCUT2D eigenvalue weighted by Gasteiger charge is -2.24. The summed E-state index contributed by atoms with van der Waals surface area (Å²) in [4.78, 5) is 26.2. The van der Waals surface area contributed by atoms with Crippen LogP contribution in [0.5, 0.6) is 0 Å². The van der Waals surface area contributed by atoms with Crippen LogP contribution in [0.3, 0.4) is 0 Å². The van der Waals surface area contributed by atoms with Crippen LogP contribution >= 0.6 is 0 Å². The number of amides is 1. The molecule has 0 aliphatic rings. The van der Waals surface area contributed by atoms with Gasteiger partial charge in [-0.25, -0.2) is 0 Å². The quantitative estimate of drug-likeness (QED) is 0.0321. The predicted molar refractivity (Wildman–Crippen MR) is 269 cm³/mol. The third kappa shape index (κ3) is 44.7. The number of ether oxygens (including phenoxy) is 1. The summed E-state index contributed by atoms with van der Waals surface area (Å²) in [7, 11) is 0. The van der Waals surface area contributed by atoms with Crippen LogP contribution in [0.4, 0.5) is 0 Å². The molecule has 0 radical (unpaired) electrons. The number of carbonyl (C=O) groups is 2. The van der Waals surface area contributed by atoms with E-state index >= 15 is 0 Å². The summed E-state index contributed by atoms with van der Waals surface area (Å²) in [6, 6.07) is -0.702. The molecule has 62 heavy (non-hydrogen) atoms. The predicted octanol–water partition coefficient (Wildman–Crippen LogP) is 16.5. The number of hydrogen-bond acceptors (Lipinski definition) is 5. The molecule has 0 bridgehead atoms. The molecule has 6 nitrogen and oxygen atoms in total. The molecule has 6 heteroatoms. The Kier molecular flexibility index (Phi) is 48.5. The Hall–Kier alpha value is -1.92. The highest BCUT2D eigenvalue weighted by Gasteiger charge is 2.24. The summed E-state index contributed by atoms with van der Waals surface area (Å²) in [5.41, 5.74) is 0. The van der Waals surface area contributed by atoms with Crippen LogP contribution in [0.25, 0.3) is 0 Å². The highest BCUT2D eigenvalue weighted by Crippen LogP contribution is 2.18. The smallest absolute Gasteiger partial charge is 0.306 e. The van der Waals surface area contributed by atoms with Crippen molar-refractivity contribution in [2.75, 3.05) is 6.61 Å². The van der Waals surface area contributed by atoms with Crippen molar-refractivity contribution < 1.29 is 24.5 Å². The summed E-state index contributed by atoms with van der Waals surface area (Å²) in [6.45, 7) is 6.48. The van der Waals surface area contributed by atoms with Crippen molar-refractivity contribution in [2.24, 2.45) is 0 Å². The SMILES string of the molecule is CCCCCCC/C=C/C=C/C=C/CCCCCCCC(=O)OC(CCCCCCCCCCCCC)CC(=O)NC(CO)C(O)CCCCCCCCCCCCCCCC. The van der Waals surface area contributed by atoms with E-state index in [4.69, 9.17) is 4.74 Å². The largest absolute Gasteiger partial charge is 0.462 e. The van der Waals surface area contributed by atoms with Crippen molar-refractivity contribution in [3.63, 3.8) is 0 Å². The molecule has 0 aliphatic carbocycles. The second-order valence-electron chi connectivity index (χ2n) is 18.7. The van der Waals surface area contributed by atoms with Crippen molar-refractivity contribution in [1.29, 1.82) is 0 Å². The van der Waals surface area contributed by atoms with E-state index in [1.807, 2.05) is 0 Å². The Morgan fingerprint density at radius 2 is 0.823 bits per heavy atom. The van der Waals surface area contributed by atoms with Gasteiger partial charge in [0.25, 0.3) is 0 Å². The number of unbranched alkanes of at least 4 members (excludes halogenated alkanes) is 33. The first-order chi connectivity index (χ1) is 30.5. The lowest BCUT2D eigenvalue weighted by molar-refractivity contribution is -0.151. The van der Waals surface area contributed by atoms with E-state index in [0.29, 0.717) is 19.3 Å². The lowest BCUT2D eigenvalue weighted by atomic mass is 10.0. The number of hydrogen-bond donors (Lipinski definition) is 3. The van der Waals surface area contributed by atoms with Gasteiger partial charge in [-0.05, 0) is 51.4 Å². The molecule has 0 fully saturated rings. The summed E-state index contributed by atoms with van der Waals surface area (Å²) < 4.78 is 5.93. The lowest BCUT2D eigenvalue weighted by Crippen LogP contribution is -2.46. The number of aliphatic hydroxyl groups is 2. The van der Waals surface area contributed by atoms with Crippen molar-refractivity contribution in [1.82, 2.24) is 5.32 Å². The van der Waals surface area contributed by atoms with Gasteiger partial charge >= 0.3 is 5.97 Å². The minimum atomic E-state index is -0.788. The van der Waals surface area contributed by atoms with E-state index in [0.717, 1.165) is 64.2 Å². The molecular weight excluding hydrogens is 767 g/mol. The topological polar surface area (TPSA) is 95.9 Å². The van der Waals surface area contributed by atoms with Gasteiger partial charge in [-0.1, -0.05) is 256 Å². The molecule has 0 saturated heterocycles. The molecule has 0 rings (SSSR count). The van der Waals surface area contributed by atoms with Gasteiger partial charge < -0.3 is 20.3 Å². The number of rotatable bonds is 49. The van der Waals surface area contributed by atoms with E-state index in [-0.39, 0.29) is 24.9 Å². The first-order valence-corrected chi connectivity index (χ1v) is 27.2. The Labute approximate surface area is 385 Å². The van der Waals surface area contributed by atoms with Gasteiger partial charge in [-0.15, -0.1) is 0 Å². The molecule has 0 saturated carbocycles. The zero-order chi connectivity index (χ0) is 45.2. The molecular formula is C56H105NO5. The molecule has 0 aromatic rings. The summed E-state index contributed by atoms with van der Waals surface area (Å²) in [6.07, 6.45) is 59.1. The molecule has 1 amide bonds. The fourth-order valence-corrected chi connectivity index (χ4v) is 8.37. The number of allylic oxidation sites excluding steroid dienone is 6. The Morgan fingerprint density at radius 1 is 0.468 bits per heavy atom. The molecule has 3 atom stereocenters. The monoisotopic (exact) mass is 872 g/mol. The minimum absolute atomic E-state index is 0.0731. The fourth-order valence-electron chi connectivity index (χ4n) is 8.37. The van der Waals surface area contributed by atoms with Crippen molar-refractivity contribution in [3.8, 4) is 0 Å². The second kappa shape index (κ2) is 50.1. The van der Waals surface area contributed by atoms with Crippen molar-refractivity contribution in [2.45, 2.75) is 302 Å². The third-order valence-corrected chi connectivity index (χ3v) is 12.5. The summed E-state index contributed by atoms with van der Waals surface area (Å²) >= 11 is 0. The van der Waals surface area contributed by atoms with Crippen LogP contribution in [-0.2, 0) is 14.3 Å². The molecule has 0 aromatic heterocycles. The number of nitrogens with one attached hydrogen (secondary N) is 1. The zero-order valence-corrected chi connectivity index (χ0v) is 41.5. The Bertz CT molecular complexity index is 1020. The van der Waals surface area contributed by atoms with Gasteiger partial charge in [-0.3, -0.25) is 9.59 Å². The van der Waals surface area contributed by atoms with Gasteiger partial charge in [0, 0.05) is 6.42 Å². The van der Waals surface area contributed by atoms with Gasteiger partial charge in [0.15, 0.2) is 0 Å². The van der Waals surface area contributed by atoms with Crippen molar-refractivity contribution >= 4 is 11.9 Å². The van der Waals surface area contributed by atoms with Crippen molar-refractivity contribution in [3.05, 3.63) is 36.5 Å². The second-order valence-corrected chi connectivity index (χ2v) is 18.7. The minimum Gasteiger partial charge on any atom is -0.462 e. The highest BCUT2D eigenvalue weighted by atomic mass is 16.5. The summed E-state index contributed by atoms with van der Waals surface area (Å²) in [5, 5.41) is 23.8. The number of aliphatic hydroxyl groups excluding tert-OH is 2. The zero-order valence-electron chi connectivity index (χ0n) is 41.5. The molecule has 3 unspecified atom stereocenters. The molecule has 0 aromatic carbocycles. The van der Waals surface area contributed by atoms with Gasteiger partial charge in [0.05, 0.1) is 25.2 Å². The van der Waals surface area contributed by atoms with E-state index in [1.54, 1.807) is 0 Å². The van der Waals surface area contributed by atoms with Crippen LogP contribution in [0.15, 0.2) is 36.5 Å². The van der Waals surface area contributed by atoms with Gasteiger partial charge in [0.2, 0.25) is 5.91 Å².